The van der Waals surface area contributed by atoms with Crippen LogP contribution in [0.25, 0.3) is 0 Å². The molecule has 3 aliphatic rings. The molecule has 232 valence electrons. The van der Waals surface area contributed by atoms with Crippen molar-refractivity contribution in [1.82, 2.24) is 19.8 Å². The first-order chi connectivity index (χ1) is 20.7. The van der Waals surface area contributed by atoms with E-state index in [2.05, 4.69) is 34.9 Å². The van der Waals surface area contributed by atoms with Gasteiger partial charge < -0.3 is 24.3 Å². The fraction of sp³-hybridized carbons (Fsp3) is 0.594. The minimum Gasteiger partial charge on any atom is -0.463 e. The van der Waals surface area contributed by atoms with Gasteiger partial charge in [-0.3, -0.25) is 0 Å². The van der Waals surface area contributed by atoms with E-state index in [1.165, 1.54) is 18.6 Å². The lowest BCUT2D eigenvalue weighted by Crippen LogP contribution is -2.51. The van der Waals surface area contributed by atoms with Gasteiger partial charge in [0.05, 0.1) is 42.9 Å². The van der Waals surface area contributed by atoms with Gasteiger partial charge >= 0.3 is 12.2 Å². The van der Waals surface area contributed by atoms with Gasteiger partial charge in [-0.05, 0) is 71.0 Å². The Morgan fingerprint density at radius 2 is 1.93 bits per heavy atom. The van der Waals surface area contributed by atoms with E-state index >= 15 is 0 Å². The second-order valence-electron chi connectivity index (χ2n) is 12.1. The highest BCUT2D eigenvalue weighted by atomic mass is 19.4. The monoisotopic (exact) mass is 597 g/mol. The zero-order valence-electron chi connectivity index (χ0n) is 25.4. The summed E-state index contributed by atoms with van der Waals surface area (Å²) in [7, 11) is 4.23. The maximum absolute atomic E-state index is 13.9. The Kier molecular flexibility index (Phi) is 9.65. The third-order valence-corrected chi connectivity index (χ3v) is 9.00. The topological polar surface area (TPSA) is 71.8 Å². The number of rotatable bonds is 8. The average molecular weight is 598 g/mol. The largest absolute Gasteiger partial charge is 0.463 e. The first kappa shape index (κ1) is 30.9. The van der Waals surface area contributed by atoms with E-state index in [1.807, 2.05) is 19.2 Å². The summed E-state index contributed by atoms with van der Waals surface area (Å²) in [6.45, 7) is 5.21. The molecule has 8 nitrogen and oxygen atoms in total. The van der Waals surface area contributed by atoms with Crippen LogP contribution in [0, 0.1) is 17.2 Å². The fourth-order valence-corrected chi connectivity index (χ4v) is 6.72. The third-order valence-electron chi connectivity index (χ3n) is 9.00. The zero-order valence-corrected chi connectivity index (χ0v) is 25.4. The Hall–Kier alpha value is -3.52. The van der Waals surface area contributed by atoms with E-state index in [1.54, 1.807) is 11.0 Å². The van der Waals surface area contributed by atoms with Crippen molar-refractivity contribution in [3.63, 3.8) is 0 Å². The van der Waals surface area contributed by atoms with Gasteiger partial charge in [0.1, 0.15) is 5.82 Å². The summed E-state index contributed by atoms with van der Waals surface area (Å²) in [5.41, 5.74) is 1.17. The Balaban J connectivity index is 1.44. The van der Waals surface area contributed by atoms with Gasteiger partial charge in [-0.1, -0.05) is 24.6 Å². The number of aromatic nitrogens is 2. The molecule has 0 N–H and O–H groups in total. The Labute approximate surface area is 252 Å². The molecule has 3 atom stereocenters. The lowest BCUT2D eigenvalue weighted by atomic mass is 9.86. The quantitative estimate of drug-likeness (QED) is 0.396. The van der Waals surface area contributed by atoms with Gasteiger partial charge in [-0.15, -0.1) is 0 Å². The van der Waals surface area contributed by atoms with Gasteiger partial charge in [-0.25, -0.2) is 0 Å². The van der Waals surface area contributed by atoms with Crippen LogP contribution < -0.4 is 14.5 Å². The number of fused-ring (bicyclic) bond motifs is 1. The molecule has 2 fully saturated rings. The standard InChI is InChI=1S/C32H42F3N7O/c1-4-15-40-17-18-42(20-25(40)12-14-36)30-26-13-16-41(29-11-6-5-10-27(29)32(33,34)35)21-28(26)37-31(38-30)43-22-23-8-7-9-24(19-23)39(2)3/h4-6,10-11,15,23-25H,7-9,12-13,16-22H2,1-3H3. The molecule has 3 unspecified atom stereocenters. The molecule has 1 saturated carbocycles. The van der Waals surface area contributed by atoms with Gasteiger partial charge in [0, 0.05) is 43.5 Å². The van der Waals surface area contributed by atoms with Crippen molar-refractivity contribution in [2.24, 2.45) is 5.92 Å². The number of allylic oxidation sites excluding steroid dienone is 1. The molecule has 1 aliphatic carbocycles. The molecule has 0 bridgehead atoms. The summed E-state index contributed by atoms with van der Waals surface area (Å²) in [4.78, 5) is 18.2. The molecule has 5 rings (SSSR count). The van der Waals surface area contributed by atoms with Crippen LogP contribution in [0.3, 0.4) is 0 Å². The van der Waals surface area contributed by atoms with Crippen LogP contribution in [0.5, 0.6) is 6.01 Å². The van der Waals surface area contributed by atoms with Crippen molar-refractivity contribution >= 4 is 11.5 Å². The molecule has 1 aromatic heterocycles. The molecule has 0 spiro atoms. The first-order valence-electron chi connectivity index (χ1n) is 15.3. The normalized spacial score (nSPS) is 23.0. The minimum atomic E-state index is -4.45. The molecule has 1 aromatic carbocycles. The van der Waals surface area contributed by atoms with Crippen LogP contribution >= 0.6 is 0 Å². The lowest BCUT2D eigenvalue weighted by Gasteiger charge is -2.42. The van der Waals surface area contributed by atoms with Crippen LogP contribution in [0.1, 0.15) is 55.8 Å². The van der Waals surface area contributed by atoms with Crippen molar-refractivity contribution in [2.75, 3.05) is 56.7 Å². The van der Waals surface area contributed by atoms with E-state index in [0.717, 1.165) is 43.3 Å². The summed E-state index contributed by atoms with van der Waals surface area (Å²) in [5.74, 6) is 1.17. The first-order valence-corrected chi connectivity index (χ1v) is 15.3. The van der Waals surface area contributed by atoms with Gasteiger partial charge in [-0.2, -0.15) is 28.4 Å². The summed E-state index contributed by atoms with van der Waals surface area (Å²) < 4.78 is 48.0. The van der Waals surface area contributed by atoms with Gasteiger partial charge in [0.2, 0.25) is 0 Å². The average Bonchev–Trinajstić information content (AvgIpc) is 3.00. The number of hydrogen-bond donors (Lipinski definition) is 0. The third kappa shape index (κ3) is 7.18. The zero-order chi connectivity index (χ0) is 30.6. The van der Waals surface area contributed by atoms with Crippen molar-refractivity contribution in [2.45, 2.75) is 70.3 Å². The number of halogens is 3. The molecular weight excluding hydrogens is 555 g/mol. The number of para-hydroxylation sites is 1. The van der Waals surface area contributed by atoms with E-state index in [-0.39, 0.29) is 24.3 Å². The van der Waals surface area contributed by atoms with Crippen molar-refractivity contribution < 1.29 is 17.9 Å². The smallest absolute Gasteiger partial charge is 0.418 e. The maximum atomic E-state index is 13.9. The van der Waals surface area contributed by atoms with E-state index in [0.29, 0.717) is 56.7 Å². The number of benzene rings is 1. The second-order valence-corrected chi connectivity index (χ2v) is 12.1. The maximum Gasteiger partial charge on any atom is 0.418 e. The minimum absolute atomic E-state index is 0.00823. The number of anilines is 2. The molecule has 43 heavy (non-hydrogen) atoms. The number of nitrogens with zero attached hydrogens (tertiary/aromatic N) is 7. The van der Waals surface area contributed by atoms with Crippen LogP contribution in [0.2, 0.25) is 0 Å². The Morgan fingerprint density at radius 3 is 2.67 bits per heavy atom. The van der Waals surface area contributed by atoms with Gasteiger partial charge in [0.25, 0.3) is 0 Å². The summed E-state index contributed by atoms with van der Waals surface area (Å²) >= 11 is 0. The number of nitriles is 1. The summed E-state index contributed by atoms with van der Waals surface area (Å²) in [6, 6.07) is 8.86. The van der Waals surface area contributed by atoms with Gasteiger partial charge in [0.15, 0.2) is 0 Å². The predicted molar refractivity (Wildman–Crippen MR) is 161 cm³/mol. The fourth-order valence-electron chi connectivity index (χ4n) is 6.72. The van der Waals surface area contributed by atoms with Crippen LogP contribution in [-0.4, -0.2) is 78.7 Å². The number of hydrogen-bond acceptors (Lipinski definition) is 8. The highest BCUT2D eigenvalue weighted by Crippen LogP contribution is 2.39. The summed E-state index contributed by atoms with van der Waals surface area (Å²) in [5, 5.41) is 9.51. The highest BCUT2D eigenvalue weighted by molar-refractivity contribution is 5.59. The predicted octanol–water partition coefficient (Wildman–Crippen LogP) is 5.50. The van der Waals surface area contributed by atoms with Crippen molar-refractivity contribution in [3.8, 4) is 12.1 Å². The van der Waals surface area contributed by atoms with Crippen LogP contribution in [0.4, 0.5) is 24.7 Å². The Bertz CT molecular complexity index is 1330. The van der Waals surface area contributed by atoms with Crippen LogP contribution in [-0.2, 0) is 19.1 Å². The lowest BCUT2D eigenvalue weighted by molar-refractivity contribution is -0.137. The number of ether oxygens (including phenoxy) is 1. The number of alkyl halides is 3. The molecule has 2 aliphatic heterocycles. The molecule has 3 heterocycles. The van der Waals surface area contributed by atoms with Crippen LogP contribution in [0.15, 0.2) is 36.5 Å². The second kappa shape index (κ2) is 13.4. The molecule has 0 amide bonds. The van der Waals surface area contributed by atoms with E-state index in [4.69, 9.17) is 14.7 Å². The van der Waals surface area contributed by atoms with Crippen molar-refractivity contribution in [3.05, 3.63) is 53.4 Å². The molecular formula is C32H42F3N7O. The highest BCUT2D eigenvalue weighted by Gasteiger charge is 2.37. The van der Waals surface area contributed by atoms with E-state index in [9.17, 15) is 18.4 Å². The molecule has 2 aromatic rings. The summed E-state index contributed by atoms with van der Waals surface area (Å²) in [6.07, 6.45) is 4.94. The number of piperazine rings is 1. The Morgan fingerprint density at radius 1 is 1.12 bits per heavy atom. The molecule has 11 heteroatoms. The molecule has 1 saturated heterocycles. The van der Waals surface area contributed by atoms with Crippen molar-refractivity contribution in [1.29, 1.82) is 5.26 Å². The van der Waals surface area contributed by atoms with E-state index < -0.39 is 11.7 Å². The SMILES string of the molecule is CC=CN1CCN(c2nc(OCC3CCCC(N(C)C)C3)nc3c2CCN(c2ccccc2C(F)(F)F)C3)CC1CC#N. The molecule has 0 radical (unpaired) electrons.